The van der Waals surface area contributed by atoms with Gasteiger partial charge in [-0.05, 0) is 77.1 Å². The fraction of sp³-hybridized carbons (Fsp3) is 0.0526. The molecule has 0 fully saturated rings. The van der Waals surface area contributed by atoms with Crippen LogP contribution >= 0.6 is 0 Å². The molecule has 0 spiro atoms. The van der Waals surface area contributed by atoms with Crippen molar-refractivity contribution in [2.45, 2.75) is 18.8 Å². The smallest absolute Gasteiger partial charge is 0.104 e. The van der Waals surface area contributed by atoms with E-state index in [4.69, 9.17) is 0 Å². The molecule has 2 aliphatic carbocycles. The summed E-state index contributed by atoms with van der Waals surface area (Å²) in [6.07, 6.45) is 6.30. The summed E-state index contributed by atoms with van der Waals surface area (Å²) in [4.78, 5) is 0. The molecular formula is C57H35N5. The molecule has 13 rings (SSSR count). The molecule has 0 saturated heterocycles. The number of para-hydroxylation sites is 5. The van der Waals surface area contributed by atoms with E-state index in [9.17, 15) is 10.5 Å². The Hall–Kier alpha value is -8.38. The van der Waals surface area contributed by atoms with Gasteiger partial charge in [-0.25, -0.2) is 0 Å². The molecule has 0 radical (unpaired) electrons. The largest absolute Gasteiger partial charge is 0.308 e. The lowest BCUT2D eigenvalue weighted by Crippen LogP contribution is -2.18. The molecular weight excluding hydrogens is 755 g/mol. The molecule has 62 heavy (non-hydrogen) atoms. The minimum atomic E-state index is -0.359. The van der Waals surface area contributed by atoms with Gasteiger partial charge in [-0.15, -0.1) is 0 Å². The van der Waals surface area contributed by atoms with Crippen LogP contribution in [0.3, 0.4) is 0 Å². The number of nitrogens with zero attached hydrogens (tertiary/aromatic N) is 5. The Kier molecular flexibility index (Phi) is 7.26. The average Bonchev–Trinajstić information content (AvgIpc) is 4.06. The lowest BCUT2D eigenvalue weighted by Gasteiger charge is -2.29. The van der Waals surface area contributed by atoms with Gasteiger partial charge >= 0.3 is 0 Å². The second-order valence-electron chi connectivity index (χ2n) is 16.4. The highest BCUT2D eigenvalue weighted by molar-refractivity contribution is 6.12. The molecule has 11 aromatic rings. The molecule has 0 bridgehead atoms. The SMILES string of the molecule is N#Cc1c(C2c3ccccc3-c3ccccc32)c(-n2c3c(c4ccccc42)CCC=C3)c(C#N)c(-n2c3ccccc3c3ccccc32)c1-n1c2ccccc2c2ccccc21. The molecule has 0 N–H and O–H groups in total. The van der Waals surface area contributed by atoms with E-state index in [2.05, 4.69) is 208 Å². The monoisotopic (exact) mass is 789 g/mol. The maximum atomic E-state index is 12.3. The van der Waals surface area contributed by atoms with Gasteiger partial charge in [-0.1, -0.05) is 146 Å². The Morgan fingerprint density at radius 3 is 1.31 bits per heavy atom. The van der Waals surface area contributed by atoms with Crippen LogP contribution in [0.2, 0.25) is 0 Å². The van der Waals surface area contributed by atoms with Crippen molar-refractivity contribution in [3.05, 3.63) is 215 Å². The van der Waals surface area contributed by atoms with E-state index in [1.165, 1.54) is 5.56 Å². The molecule has 3 aromatic heterocycles. The van der Waals surface area contributed by atoms with E-state index >= 15 is 0 Å². The Bertz CT molecular complexity index is 3700. The minimum absolute atomic E-state index is 0.359. The molecule has 0 unspecified atom stereocenters. The maximum absolute atomic E-state index is 12.3. The fourth-order valence-electron chi connectivity index (χ4n) is 11.1. The number of rotatable bonds is 4. The summed E-state index contributed by atoms with van der Waals surface area (Å²) >= 11 is 0. The summed E-state index contributed by atoms with van der Waals surface area (Å²) in [5, 5.41) is 30.1. The average molecular weight is 790 g/mol. The first-order valence-electron chi connectivity index (χ1n) is 21.3. The minimum Gasteiger partial charge on any atom is -0.308 e. The number of nitriles is 2. The molecule has 5 nitrogen and oxygen atoms in total. The van der Waals surface area contributed by atoms with Gasteiger partial charge in [0, 0.05) is 44.1 Å². The van der Waals surface area contributed by atoms with Crippen LogP contribution in [0, 0.1) is 22.7 Å². The summed E-state index contributed by atoms with van der Waals surface area (Å²) in [5.41, 5.74) is 15.7. The number of hydrogen-bond donors (Lipinski definition) is 0. The van der Waals surface area contributed by atoms with Crippen molar-refractivity contribution >= 4 is 60.6 Å². The predicted octanol–water partition coefficient (Wildman–Crippen LogP) is 13.7. The molecule has 288 valence electrons. The molecule has 0 aliphatic heterocycles. The molecule has 0 amide bonds. The number of fused-ring (bicyclic) bond motifs is 12. The van der Waals surface area contributed by atoms with E-state index in [-0.39, 0.29) is 5.92 Å². The van der Waals surface area contributed by atoms with Gasteiger partial charge in [-0.3, -0.25) is 0 Å². The topological polar surface area (TPSA) is 62.4 Å². The van der Waals surface area contributed by atoms with E-state index in [1.54, 1.807) is 0 Å². The van der Waals surface area contributed by atoms with Gasteiger partial charge in [0.1, 0.15) is 17.7 Å². The number of benzene rings is 8. The van der Waals surface area contributed by atoms with Crippen molar-refractivity contribution in [1.29, 1.82) is 10.5 Å². The zero-order chi connectivity index (χ0) is 41.1. The van der Waals surface area contributed by atoms with Gasteiger partial charge in [-0.2, -0.15) is 10.5 Å². The van der Waals surface area contributed by atoms with Crippen molar-refractivity contribution < 1.29 is 0 Å². The Morgan fingerprint density at radius 2 is 0.823 bits per heavy atom. The summed E-state index contributed by atoms with van der Waals surface area (Å²) < 4.78 is 6.86. The highest BCUT2D eigenvalue weighted by atomic mass is 15.1. The van der Waals surface area contributed by atoms with Crippen LogP contribution in [-0.4, -0.2) is 13.7 Å². The van der Waals surface area contributed by atoms with Gasteiger partial charge in [0.05, 0.1) is 50.2 Å². The highest BCUT2D eigenvalue weighted by Gasteiger charge is 2.39. The molecule has 5 heteroatoms. The third-order valence-corrected chi connectivity index (χ3v) is 13.5. The van der Waals surface area contributed by atoms with Crippen LogP contribution in [0.5, 0.6) is 0 Å². The van der Waals surface area contributed by atoms with E-state index < -0.39 is 0 Å². The van der Waals surface area contributed by atoms with Crippen LogP contribution in [0.4, 0.5) is 0 Å². The van der Waals surface area contributed by atoms with Crippen LogP contribution in [0.15, 0.2) is 176 Å². The number of hydrogen-bond acceptors (Lipinski definition) is 2. The summed E-state index contributed by atoms with van der Waals surface area (Å²) in [6.45, 7) is 0. The molecule has 3 heterocycles. The Labute approximate surface area is 357 Å². The van der Waals surface area contributed by atoms with Gasteiger partial charge in [0.25, 0.3) is 0 Å². The Morgan fingerprint density at radius 1 is 0.419 bits per heavy atom. The first-order chi connectivity index (χ1) is 30.8. The van der Waals surface area contributed by atoms with Crippen LogP contribution in [0.25, 0.3) is 88.8 Å². The quantitative estimate of drug-likeness (QED) is 0.178. The zero-order valence-electron chi connectivity index (χ0n) is 33.5. The standard InChI is InChI=1S/C57H35N5/c58-33-45-54(53-43-25-3-1-17-35(43)36-18-2-4-26-44(36)53)55(60-47-27-11-5-19-37(47)38-20-6-12-28-48(38)60)46(34-59)57(62-51-31-15-9-23-41(51)42-24-10-16-32-52(42)62)56(45)61-49-29-13-7-21-39(49)40-22-8-14-30-50(40)61/h1-5,7-19,21-32,53H,6,20H2. The summed E-state index contributed by atoms with van der Waals surface area (Å²) in [5.74, 6) is -0.359. The van der Waals surface area contributed by atoms with Crippen molar-refractivity contribution in [1.82, 2.24) is 13.7 Å². The summed E-state index contributed by atoms with van der Waals surface area (Å²) in [6, 6.07) is 65.4. The van der Waals surface area contributed by atoms with Gasteiger partial charge in [0.15, 0.2) is 0 Å². The van der Waals surface area contributed by atoms with Crippen molar-refractivity contribution in [3.8, 4) is 40.3 Å². The second kappa shape index (κ2) is 13.1. The van der Waals surface area contributed by atoms with Crippen molar-refractivity contribution in [2.75, 3.05) is 0 Å². The van der Waals surface area contributed by atoms with Crippen molar-refractivity contribution in [3.63, 3.8) is 0 Å². The normalized spacial score (nSPS) is 13.2. The second-order valence-corrected chi connectivity index (χ2v) is 16.4. The predicted molar refractivity (Wildman–Crippen MR) is 252 cm³/mol. The third-order valence-electron chi connectivity index (χ3n) is 13.5. The van der Waals surface area contributed by atoms with Crippen molar-refractivity contribution in [2.24, 2.45) is 0 Å². The molecule has 0 saturated carbocycles. The van der Waals surface area contributed by atoms with Crippen LogP contribution in [0.1, 0.15) is 51.4 Å². The molecule has 2 aliphatic rings. The van der Waals surface area contributed by atoms with E-state index in [0.29, 0.717) is 22.5 Å². The Balaban J connectivity index is 1.35. The number of aromatic nitrogens is 3. The van der Waals surface area contributed by atoms with E-state index in [0.717, 1.165) is 107 Å². The van der Waals surface area contributed by atoms with Gasteiger partial charge in [0.2, 0.25) is 0 Å². The highest BCUT2D eigenvalue weighted by Crippen LogP contribution is 2.54. The fourth-order valence-corrected chi connectivity index (χ4v) is 11.1. The first-order valence-corrected chi connectivity index (χ1v) is 21.3. The number of allylic oxidation sites excluding steroid dienone is 1. The molecule has 0 atom stereocenters. The van der Waals surface area contributed by atoms with Crippen LogP contribution in [-0.2, 0) is 6.42 Å². The van der Waals surface area contributed by atoms with Crippen LogP contribution < -0.4 is 0 Å². The first kappa shape index (κ1) is 34.5. The lowest BCUT2D eigenvalue weighted by atomic mass is 9.82. The maximum Gasteiger partial charge on any atom is 0.104 e. The third kappa shape index (κ3) is 4.49. The van der Waals surface area contributed by atoms with Gasteiger partial charge < -0.3 is 13.7 Å². The van der Waals surface area contributed by atoms with E-state index in [1.807, 2.05) is 0 Å². The molecule has 8 aromatic carbocycles. The summed E-state index contributed by atoms with van der Waals surface area (Å²) in [7, 11) is 0. The number of aryl methyl sites for hydroxylation is 1. The lowest BCUT2D eigenvalue weighted by molar-refractivity contribution is 0.924. The zero-order valence-corrected chi connectivity index (χ0v) is 33.5.